The first-order chi connectivity index (χ1) is 6.82. The number of nitrogens with two attached hydrogens (primary N) is 2. The SMILES string of the molecule is CC(C)(NC(=O)C(C)(N)C(F)(F)F)C(N)=O. The Morgan fingerprint density at radius 1 is 1.12 bits per heavy atom. The van der Waals surface area contributed by atoms with E-state index in [1.807, 2.05) is 5.32 Å². The van der Waals surface area contributed by atoms with E-state index in [1.165, 1.54) is 13.8 Å². The standard InChI is InChI=1S/C8H14F3N3O2/c1-6(2,4(12)15)14-5(16)7(3,13)8(9,10)11/h13H2,1-3H3,(H2,12,15)(H,14,16). The third kappa shape index (κ3) is 2.84. The molecule has 0 aromatic heterocycles. The Balaban J connectivity index is 4.92. The number of carbonyl (C=O) groups is 2. The van der Waals surface area contributed by atoms with Crippen LogP contribution >= 0.6 is 0 Å². The molecule has 0 saturated carbocycles. The first-order valence-electron chi connectivity index (χ1n) is 4.30. The van der Waals surface area contributed by atoms with E-state index in [0.717, 1.165) is 0 Å². The molecule has 0 heterocycles. The maximum atomic E-state index is 12.4. The summed E-state index contributed by atoms with van der Waals surface area (Å²) >= 11 is 0. The number of alkyl halides is 3. The van der Waals surface area contributed by atoms with Crippen molar-refractivity contribution in [3.05, 3.63) is 0 Å². The third-order valence-electron chi connectivity index (χ3n) is 2.10. The van der Waals surface area contributed by atoms with E-state index in [2.05, 4.69) is 0 Å². The molecule has 0 spiro atoms. The first kappa shape index (κ1) is 14.7. The highest BCUT2D eigenvalue weighted by Gasteiger charge is 2.55. The molecule has 0 aliphatic rings. The molecule has 0 aliphatic carbocycles. The average Bonchev–Trinajstić information content (AvgIpc) is 2.00. The zero-order valence-electron chi connectivity index (χ0n) is 9.11. The topological polar surface area (TPSA) is 98.2 Å². The van der Waals surface area contributed by atoms with Crippen molar-refractivity contribution in [2.45, 2.75) is 38.0 Å². The minimum absolute atomic E-state index is 0.513. The van der Waals surface area contributed by atoms with Gasteiger partial charge in [0, 0.05) is 0 Å². The maximum Gasteiger partial charge on any atom is 0.415 e. The summed E-state index contributed by atoms with van der Waals surface area (Å²) in [5.41, 5.74) is 5.09. The van der Waals surface area contributed by atoms with Crippen LogP contribution in [0.3, 0.4) is 0 Å². The van der Waals surface area contributed by atoms with E-state index in [4.69, 9.17) is 11.5 Å². The Morgan fingerprint density at radius 2 is 1.50 bits per heavy atom. The number of rotatable bonds is 3. The number of carbonyl (C=O) groups excluding carboxylic acids is 2. The third-order valence-corrected chi connectivity index (χ3v) is 2.10. The predicted molar refractivity (Wildman–Crippen MR) is 50.1 cm³/mol. The Bertz CT molecular complexity index is 310. The van der Waals surface area contributed by atoms with Gasteiger partial charge in [0.25, 0.3) is 0 Å². The van der Waals surface area contributed by atoms with Crippen molar-refractivity contribution in [3.8, 4) is 0 Å². The molecular weight excluding hydrogens is 227 g/mol. The smallest absolute Gasteiger partial charge is 0.368 e. The van der Waals surface area contributed by atoms with Crippen LogP contribution in [0.5, 0.6) is 0 Å². The highest BCUT2D eigenvalue weighted by Crippen LogP contribution is 2.28. The van der Waals surface area contributed by atoms with Crippen LogP contribution in [0.2, 0.25) is 0 Å². The molecule has 94 valence electrons. The average molecular weight is 241 g/mol. The van der Waals surface area contributed by atoms with E-state index >= 15 is 0 Å². The summed E-state index contributed by atoms with van der Waals surface area (Å²) in [7, 11) is 0. The number of amides is 2. The monoisotopic (exact) mass is 241 g/mol. The first-order valence-corrected chi connectivity index (χ1v) is 4.30. The minimum Gasteiger partial charge on any atom is -0.368 e. The molecule has 8 heteroatoms. The molecule has 2 amide bonds. The Kier molecular flexibility index (Phi) is 3.61. The summed E-state index contributed by atoms with van der Waals surface area (Å²) in [6.45, 7) is 2.87. The number of hydrogen-bond donors (Lipinski definition) is 3. The fourth-order valence-corrected chi connectivity index (χ4v) is 0.604. The van der Waals surface area contributed by atoms with Gasteiger partial charge in [-0.05, 0) is 20.8 Å². The van der Waals surface area contributed by atoms with Crippen LogP contribution in [0.4, 0.5) is 13.2 Å². The highest BCUT2D eigenvalue weighted by molar-refractivity contribution is 5.93. The maximum absolute atomic E-state index is 12.4. The lowest BCUT2D eigenvalue weighted by Crippen LogP contribution is -2.66. The molecule has 0 aromatic rings. The molecule has 5 N–H and O–H groups in total. The van der Waals surface area contributed by atoms with Crippen molar-refractivity contribution in [2.24, 2.45) is 11.5 Å². The fraction of sp³-hybridized carbons (Fsp3) is 0.750. The van der Waals surface area contributed by atoms with E-state index in [0.29, 0.717) is 6.92 Å². The lowest BCUT2D eigenvalue weighted by molar-refractivity contribution is -0.188. The van der Waals surface area contributed by atoms with E-state index < -0.39 is 29.1 Å². The largest absolute Gasteiger partial charge is 0.415 e. The Labute approximate surface area is 90.3 Å². The van der Waals surface area contributed by atoms with Crippen LogP contribution in [-0.2, 0) is 9.59 Å². The van der Waals surface area contributed by atoms with Gasteiger partial charge in [-0.25, -0.2) is 0 Å². The second kappa shape index (κ2) is 3.93. The number of hydrogen-bond acceptors (Lipinski definition) is 3. The molecule has 0 fully saturated rings. The Morgan fingerprint density at radius 3 is 1.75 bits per heavy atom. The normalized spacial score (nSPS) is 16.4. The quantitative estimate of drug-likeness (QED) is 0.629. The highest BCUT2D eigenvalue weighted by atomic mass is 19.4. The van der Waals surface area contributed by atoms with E-state index in [1.54, 1.807) is 0 Å². The van der Waals surface area contributed by atoms with Gasteiger partial charge in [0.1, 0.15) is 5.54 Å². The molecule has 0 aliphatic heterocycles. The van der Waals surface area contributed by atoms with Gasteiger partial charge >= 0.3 is 6.18 Å². The molecule has 0 aromatic carbocycles. The predicted octanol–water partition coefficient (Wildman–Crippen LogP) is -0.354. The molecule has 16 heavy (non-hydrogen) atoms. The van der Waals surface area contributed by atoms with Crippen LogP contribution < -0.4 is 16.8 Å². The van der Waals surface area contributed by atoms with Crippen molar-refractivity contribution in [1.82, 2.24) is 5.32 Å². The molecule has 0 rings (SSSR count). The summed E-state index contributed by atoms with van der Waals surface area (Å²) in [4.78, 5) is 22.1. The van der Waals surface area contributed by atoms with Gasteiger partial charge in [-0.2, -0.15) is 13.2 Å². The summed E-state index contributed by atoms with van der Waals surface area (Å²) in [5, 5.41) is 1.84. The van der Waals surface area contributed by atoms with Gasteiger partial charge in [0.05, 0.1) is 0 Å². The molecule has 0 radical (unpaired) electrons. The number of primary amides is 1. The van der Waals surface area contributed by atoms with Crippen LogP contribution in [0.25, 0.3) is 0 Å². The van der Waals surface area contributed by atoms with Gasteiger partial charge in [-0.1, -0.05) is 0 Å². The van der Waals surface area contributed by atoms with Gasteiger partial charge in [-0.15, -0.1) is 0 Å². The van der Waals surface area contributed by atoms with Crippen LogP contribution in [-0.4, -0.2) is 29.1 Å². The van der Waals surface area contributed by atoms with Gasteiger partial charge in [0.15, 0.2) is 5.54 Å². The molecule has 1 atom stereocenters. The zero-order valence-corrected chi connectivity index (χ0v) is 9.11. The van der Waals surface area contributed by atoms with Crippen molar-refractivity contribution in [1.29, 1.82) is 0 Å². The minimum atomic E-state index is -4.91. The molecule has 0 bridgehead atoms. The van der Waals surface area contributed by atoms with Crippen LogP contribution in [0.1, 0.15) is 20.8 Å². The Hall–Kier alpha value is -1.31. The van der Waals surface area contributed by atoms with E-state index in [9.17, 15) is 22.8 Å². The molecule has 5 nitrogen and oxygen atoms in total. The summed E-state index contributed by atoms with van der Waals surface area (Å²) < 4.78 is 37.1. The summed E-state index contributed by atoms with van der Waals surface area (Å²) in [6, 6.07) is 0. The summed E-state index contributed by atoms with van der Waals surface area (Å²) in [5.74, 6) is -2.47. The van der Waals surface area contributed by atoms with Crippen molar-refractivity contribution in [3.63, 3.8) is 0 Å². The summed E-state index contributed by atoms with van der Waals surface area (Å²) in [6.07, 6.45) is -4.91. The van der Waals surface area contributed by atoms with Crippen LogP contribution in [0.15, 0.2) is 0 Å². The van der Waals surface area contributed by atoms with Crippen molar-refractivity contribution >= 4 is 11.8 Å². The van der Waals surface area contributed by atoms with Crippen molar-refractivity contribution in [2.75, 3.05) is 0 Å². The van der Waals surface area contributed by atoms with Crippen molar-refractivity contribution < 1.29 is 22.8 Å². The second-order valence-electron chi connectivity index (χ2n) is 4.14. The van der Waals surface area contributed by atoms with Gasteiger partial charge < -0.3 is 16.8 Å². The second-order valence-corrected chi connectivity index (χ2v) is 4.14. The zero-order chi connectivity index (χ0) is 13.4. The molecule has 1 unspecified atom stereocenters. The number of halogens is 3. The molecular formula is C8H14F3N3O2. The van der Waals surface area contributed by atoms with E-state index in [-0.39, 0.29) is 0 Å². The lowest BCUT2D eigenvalue weighted by Gasteiger charge is -2.31. The van der Waals surface area contributed by atoms with Gasteiger partial charge in [-0.3, -0.25) is 9.59 Å². The number of nitrogens with one attached hydrogen (secondary N) is 1. The molecule has 0 saturated heterocycles. The lowest BCUT2D eigenvalue weighted by atomic mass is 9.98. The van der Waals surface area contributed by atoms with Crippen LogP contribution in [0, 0.1) is 0 Å². The van der Waals surface area contributed by atoms with Gasteiger partial charge in [0.2, 0.25) is 11.8 Å². The fourth-order valence-electron chi connectivity index (χ4n) is 0.604.